The molecule has 24 heavy (non-hydrogen) atoms. The quantitative estimate of drug-likeness (QED) is 0.451. The molecule has 0 aliphatic rings. The van der Waals surface area contributed by atoms with Gasteiger partial charge in [0, 0.05) is 7.11 Å². The van der Waals surface area contributed by atoms with Crippen LogP contribution in [0, 0.1) is 6.92 Å². The molecule has 0 saturated heterocycles. The summed E-state index contributed by atoms with van der Waals surface area (Å²) in [6.45, 7) is 2.88. The van der Waals surface area contributed by atoms with Gasteiger partial charge in [0.1, 0.15) is 12.4 Å². The number of sulfonamides is 1. The first-order valence-electron chi connectivity index (χ1n) is 7.34. The fourth-order valence-corrected chi connectivity index (χ4v) is 2.62. The highest BCUT2D eigenvalue weighted by Gasteiger charge is 2.11. The Hall–Kier alpha value is -2.38. The molecule has 0 aromatic heterocycles. The normalized spacial score (nSPS) is 11.6. The second-order valence-electron chi connectivity index (χ2n) is 5.08. The first-order valence-corrected chi connectivity index (χ1v) is 8.83. The molecule has 0 fully saturated rings. The third kappa shape index (κ3) is 5.36. The van der Waals surface area contributed by atoms with Crippen molar-refractivity contribution in [3.63, 3.8) is 0 Å². The molecule has 2 aromatic carbocycles. The molecule has 0 amide bonds. The maximum atomic E-state index is 12.1. The molecular formula is C17H20N2O4S. The molecule has 0 spiro atoms. The van der Waals surface area contributed by atoms with Gasteiger partial charge in [-0.25, -0.2) is 4.83 Å². The van der Waals surface area contributed by atoms with E-state index in [1.54, 1.807) is 55.6 Å². The molecule has 0 radical (unpaired) electrons. The maximum Gasteiger partial charge on any atom is 0.276 e. The van der Waals surface area contributed by atoms with Crippen LogP contribution in [0.5, 0.6) is 5.75 Å². The summed E-state index contributed by atoms with van der Waals surface area (Å²) in [5.41, 5.74) is 1.74. The lowest BCUT2D eigenvalue weighted by molar-refractivity contribution is 0.146. The van der Waals surface area contributed by atoms with Crippen LogP contribution in [-0.2, 0) is 14.8 Å². The number of rotatable bonds is 8. The summed E-state index contributed by atoms with van der Waals surface area (Å²) in [6, 6.07) is 13.7. The number of methoxy groups -OCH3 is 1. The van der Waals surface area contributed by atoms with Crippen LogP contribution in [-0.4, -0.2) is 35.0 Å². The summed E-state index contributed by atoms with van der Waals surface area (Å²) >= 11 is 0. The Balaban J connectivity index is 1.94. The Morgan fingerprint density at radius 1 is 1.04 bits per heavy atom. The standard InChI is InChI=1S/C17H20N2O4S/c1-14-3-9-17(10-4-14)24(20,21)19-18-13-15-5-7-16(8-6-15)23-12-11-22-2/h3-10,13,19H,11-12H2,1-2H3. The van der Waals surface area contributed by atoms with Gasteiger partial charge in [-0.3, -0.25) is 0 Å². The second-order valence-corrected chi connectivity index (χ2v) is 6.74. The molecule has 128 valence electrons. The summed E-state index contributed by atoms with van der Waals surface area (Å²) in [5, 5.41) is 3.79. The lowest BCUT2D eigenvalue weighted by Gasteiger charge is -2.05. The van der Waals surface area contributed by atoms with Crippen molar-refractivity contribution in [2.75, 3.05) is 20.3 Å². The Labute approximate surface area is 142 Å². The molecule has 0 aliphatic heterocycles. The molecule has 0 aliphatic carbocycles. The summed E-state index contributed by atoms with van der Waals surface area (Å²) in [5.74, 6) is 0.712. The molecule has 0 heterocycles. The van der Waals surface area contributed by atoms with Crippen molar-refractivity contribution in [3.05, 3.63) is 59.7 Å². The number of hydrogen-bond donors (Lipinski definition) is 1. The van der Waals surface area contributed by atoms with Gasteiger partial charge in [0.15, 0.2) is 0 Å². The zero-order valence-corrected chi connectivity index (χ0v) is 14.4. The highest BCUT2D eigenvalue weighted by molar-refractivity contribution is 7.89. The summed E-state index contributed by atoms with van der Waals surface area (Å²) < 4.78 is 34.5. The van der Waals surface area contributed by atoms with Gasteiger partial charge in [0.05, 0.1) is 17.7 Å². The topological polar surface area (TPSA) is 77.0 Å². The summed E-state index contributed by atoms with van der Waals surface area (Å²) in [6.07, 6.45) is 1.44. The average Bonchev–Trinajstić information content (AvgIpc) is 2.57. The number of nitrogens with zero attached hydrogens (tertiary/aromatic N) is 1. The molecule has 0 saturated carbocycles. The van der Waals surface area contributed by atoms with E-state index in [2.05, 4.69) is 9.93 Å². The van der Waals surface area contributed by atoms with E-state index in [1.807, 2.05) is 6.92 Å². The van der Waals surface area contributed by atoms with E-state index in [-0.39, 0.29) is 4.90 Å². The van der Waals surface area contributed by atoms with Crippen LogP contribution in [0.15, 0.2) is 58.5 Å². The van der Waals surface area contributed by atoms with Crippen molar-refractivity contribution >= 4 is 16.2 Å². The third-order valence-electron chi connectivity index (χ3n) is 3.15. The van der Waals surface area contributed by atoms with Crippen LogP contribution < -0.4 is 9.57 Å². The van der Waals surface area contributed by atoms with Gasteiger partial charge >= 0.3 is 0 Å². The minimum absolute atomic E-state index is 0.173. The summed E-state index contributed by atoms with van der Waals surface area (Å²) in [4.78, 5) is 2.37. The molecular weight excluding hydrogens is 328 g/mol. The maximum absolute atomic E-state index is 12.1. The number of aryl methyl sites for hydroxylation is 1. The van der Waals surface area contributed by atoms with Crippen molar-refractivity contribution in [2.45, 2.75) is 11.8 Å². The highest BCUT2D eigenvalue weighted by atomic mass is 32.2. The minimum Gasteiger partial charge on any atom is -0.491 e. The van der Waals surface area contributed by atoms with Crippen molar-refractivity contribution in [2.24, 2.45) is 5.10 Å². The van der Waals surface area contributed by atoms with Crippen LogP contribution in [0.25, 0.3) is 0 Å². The van der Waals surface area contributed by atoms with E-state index in [1.165, 1.54) is 6.21 Å². The van der Waals surface area contributed by atoms with Crippen LogP contribution in [0.1, 0.15) is 11.1 Å². The predicted octanol–water partition coefficient (Wildman–Crippen LogP) is 2.33. The molecule has 2 aromatic rings. The van der Waals surface area contributed by atoms with Crippen molar-refractivity contribution in [1.29, 1.82) is 0 Å². The highest BCUT2D eigenvalue weighted by Crippen LogP contribution is 2.12. The van der Waals surface area contributed by atoms with Gasteiger partial charge in [-0.2, -0.15) is 13.5 Å². The minimum atomic E-state index is -3.66. The Morgan fingerprint density at radius 2 is 1.71 bits per heavy atom. The first kappa shape index (κ1) is 18.0. The van der Waals surface area contributed by atoms with E-state index < -0.39 is 10.0 Å². The Morgan fingerprint density at radius 3 is 2.33 bits per heavy atom. The largest absolute Gasteiger partial charge is 0.491 e. The molecule has 2 rings (SSSR count). The van der Waals surface area contributed by atoms with Crippen molar-refractivity contribution in [1.82, 2.24) is 4.83 Å². The number of hydrogen-bond acceptors (Lipinski definition) is 5. The summed E-state index contributed by atoms with van der Waals surface area (Å²) in [7, 11) is -2.05. The van der Waals surface area contributed by atoms with Crippen LogP contribution in [0.4, 0.5) is 0 Å². The predicted molar refractivity (Wildman–Crippen MR) is 92.9 cm³/mol. The van der Waals surface area contributed by atoms with Crippen LogP contribution in [0.2, 0.25) is 0 Å². The lowest BCUT2D eigenvalue weighted by atomic mass is 10.2. The Kier molecular flexibility index (Phi) is 6.34. The van der Waals surface area contributed by atoms with Crippen LogP contribution >= 0.6 is 0 Å². The zero-order valence-electron chi connectivity index (χ0n) is 13.6. The lowest BCUT2D eigenvalue weighted by Crippen LogP contribution is -2.18. The number of hydrazone groups is 1. The molecule has 0 unspecified atom stereocenters. The van der Waals surface area contributed by atoms with E-state index in [0.717, 1.165) is 11.1 Å². The number of nitrogens with one attached hydrogen (secondary N) is 1. The monoisotopic (exact) mass is 348 g/mol. The van der Waals surface area contributed by atoms with Gasteiger partial charge in [-0.05, 0) is 48.9 Å². The van der Waals surface area contributed by atoms with Gasteiger partial charge in [-0.15, -0.1) is 0 Å². The molecule has 6 nitrogen and oxygen atoms in total. The van der Waals surface area contributed by atoms with Crippen LogP contribution in [0.3, 0.4) is 0 Å². The SMILES string of the molecule is COCCOc1ccc(C=NNS(=O)(=O)c2ccc(C)cc2)cc1. The van der Waals surface area contributed by atoms with Crippen molar-refractivity contribution < 1.29 is 17.9 Å². The molecule has 0 bridgehead atoms. The smallest absolute Gasteiger partial charge is 0.276 e. The van der Waals surface area contributed by atoms with E-state index in [4.69, 9.17) is 9.47 Å². The number of ether oxygens (including phenoxy) is 2. The number of benzene rings is 2. The fourth-order valence-electron chi connectivity index (χ4n) is 1.83. The van der Waals surface area contributed by atoms with Gasteiger partial charge in [-0.1, -0.05) is 17.7 Å². The third-order valence-corrected chi connectivity index (χ3v) is 4.39. The van der Waals surface area contributed by atoms with E-state index >= 15 is 0 Å². The second kappa shape index (κ2) is 8.47. The van der Waals surface area contributed by atoms with Crippen molar-refractivity contribution in [3.8, 4) is 5.75 Å². The molecule has 0 atom stereocenters. The van der Waals surface area contributed by atoms with Gasteiger partial charge < -0.3 is 9.47 Å². The molecule has 7 heteroatoms. The first-order chi connectivity index (χ1) is 11.5. The van der Waals surface area contributed by atoms with E-state index in [0.29, 0.717) is 19.0 Å². The fraction of sp³-hybridized carbons (Fsp3) is 0.235. The molecule has 1 N–H and O–H groups in total. The Bertz CT molecular complexity index is 769. The zero-order chi connectivity index (χ0) is 17.4. The van der Waals surface area contributed by atoms with Gasteiger partial charge in [0.2, 0.25) is 0 Å². The van der Waals surface area contributed by atoms with E-state index in [9.17, 15) is 8.42 Å². The average molecular weight is 348 g/mol. The van der Waals surface area contributed by atoms with Gasteiger partial charge in [0.25, 0.3) is 10.0 Å².